The Morgan fingerprint density at radius 2 is 1.76 bits per heavy atom. The van der Waals surface area contributed by atoms with Crippen molar-refractivity contribution in [1.82, 2.24) is 0 Å². The number of anilines is 2. The number of fused-ring (bicyclic) bond motifs is 1. The van der Waals surface area contributed by atoms with Crippen molar-refractivity contribution in [3.63, 3.8) is 0 Å². The van der Waals surface area contributed by atoms with Gasteiger partial charge in [0.05, 0.1) is 22.5 Å². The molecular formula is C17H13F3N2O3. The third-order valence-corrected chi connectivity index (χ3v) is 3.72. The number of alkyl halides is 3. The molecule has 2 aromatic rings. The molecule has 0 saturated heterocycles. The van der Waals surface area contributed by atoms with E-state index in [9.17, 15) is 23.1 Å². The number of hydrogen-bond acceptors (Lipinski definition) is 5. The van der Waals surface area contributed by atoms with E-state index in [1.54, 1.807) is 12.1 Å². The number of nitrogens with two attached hydrogens (primary N) is 1. The number of carbonyl (C=O) groups is 1. The van der Waals surface area contributed by atoms with Crippen LogP contribution in [0.25, 0.3) is 0 Å². The largest absolute Gasteiger partial charge is 0.460 e. The van der Waals surface area contributed by atoms with Crippen LogP contribution < -0.4 is 15.8 Å². The molecule has 1 atom stereocenters. The highest BCUT2D eigenvalue weighted by Gasteiger charge is 2.63. The zero-order chi connectivity index (χ0) is 18.2. The van der Waals surface area contributed by atoms with Gasteiger partial charge in [-0.25, -0.2) is 0 Å². The Bertz CT molecular complexity index is 864. The maximum atomic E-state index is 13.4. The Morgan fingerprint density at radius 1 is 1.12 bits per heavy atom. The monoisotopic (exact) mass is 350 g/mol. The zero-order valence-electron chi connectivity index (χ0n) is 12.7. The summed E-state index contributed by atoms with van der Waals surface area (Å²) in [5, 5.41) is 12.6. The quantitative estimate of drug-likeness (QED) is 0.573. The number of nitrogens with one attached hydrogen (secondary N) is 1. The van der Waals surface area contributed by atoms with Gasteiger partial charge in [0.1, 0.15) is 5.75 Å². The molecule has 0 aromatic heterocycles. The third kappa shape index (κ3) is 2.80. The lowest BCUT2D eigenvalue weighted by molar-refractivity contribution is -0.315. The summed E-state index contributed by atoms with van der Waals surface area (Å²) in [5.41, 5.74) is 5.19. The van der Waals surface area contributed by atoms with Crippen molar-refractivity contribution in [1.29, 1.82) is 0 Å². The van der Waals surface area contributed by atoms with Gasteiger partial charge in [-0.1, -0.05) is 24.3 Å². The van der Waals surface area contributed by atoms with Gasteiger partial charge in [0.2, 0.25) is 5.78 Å². The minimum Gasteiger partial charge on any atom is -0.449 e. The van der Waals surface area contributed by atoms with E-state index in [1.165, 1.54) is 36.4 Å². The molecule has 0 aliphatic carbocycles. The molecule has 5 nitrogen and oxygen atoms in total. The smallest absolute Gasteiger partial charge is 0.449 e. The number of para-hydroxylation sites is 3. The fraction of sp³-hybridized carbons (Fsp3) is 0.118. The summed E-state index contributed by atoms with van der Waals surface area (Å²) < 4.78 is 45.0. The van der Waals surface area contributed by atoms with E-state index in [2.05, 4.69) is 5.32 Å². The Balaban J connectivity index is 2.09. The molecule has 1 unspecified atom stereocenters. The van der Waals surface area contributed by atoms with Crippen molar-refractivity contribution in [2.75, 3.05) is 11.1 Å². The maximum Gasteiger partial charge on any atom is 0.460 e. The highest BCUT2D eigenvalue weighted by Crippen LogP contribution is 2.44. The summed E-state index contributed by atoms with van der Waals surface area (Å²) in [7, 11) is 0. The molecule has 25 heavy (non-hydrogen) atoms. The lowest BCUT2D eigenvalue weighted by atomic mass is 9.92. The molecule has 0 spiro atoms. The van der Waals surface area contributed by atoms with E-state index >= 15 is 0 Å². The highest BCUT2D eigenvalue weighted by atomic mass is 19.4. The summed E-state index contributed by atoms with van der Waals surface area (Å²) >= 11 is 0. The molecule has 0 bridgehead atoms. The topological polar surface area (TPSA) is 84.6 Å². The normalized spacial score (nSPS) is 21.6. The van der Waals surface area contributed by atoms with Gasteiger partial charge in [0.25, 0.3) is 0 Å². The molecule has 0 saturated carbocycles. The van der Waals surface area contributed by atoms with E-state index in [-0.39, 0.29) is 22.7 Å². The fourth-order valence-corrected chi connectivity index (χ4v) is 2.41. The molecule has 1 aliphatic rings. The highest BCUT2D eigenvalue weighted by molar-refractivity contribution is 6.13. The Morgan fingerprint density at radius 3 is 2.44 bits per heavy atom. The number of benzene rings is 2. The minimum atomic E-state index is -5.23. The van der Waals surface area contributed by atoms with Crippen LogP contribution in [0.3, 0.4) is 0 Å². The van der Waals surface area contributed by atoms with Crippen LogP contribution >= 0.6 is 0 Å². The second-order valence-corrected chi connectivity index (χ2v) is 5.36. The number of carbonyl (C=O) groups excluding carboxylic acids is 1. The number of halogens is 3. The average Bonchev–Trinajstić information content (AvgIpc) is 2.55. The molecule has 130 valence electrons. The summed E-state index contributed by atoms with van der Waals surface area (Å²) in [6, 6.07) is 11.7. The average molecular weight is 350 g/mol. The fourth-order valence-electron chi connectivity index (χ4n) is 2.41. The van der Waals surface area contributed by atoms with Crippen LogP contribution in [-0.4, -0.2) is 22.9 Å². The van der Waals surface area contributed by atoms with E-state index in [1.807, 2.05) is 0 Å². The van der Waals surface area contributed by atoms with Crippen molar-refractivity contribution < 1.29 is 27.8 Å². The second-order valence-electron chi connectivity index (χ2n) is 5.36. The van der Waals surface area contributed by atoms with Gasteiger partial charge in [-0.05, 0) is 24.3 Å². The number of ketones is 1. The lowest BCUT2D eigenvalue weighted by Gasteiger charge is -2.36. The number of nitrogen functional groups attached to an aromatic ring is 1. The third-order valence-electron chi connectivity index (χ3n) is 3.72. The maximum absolute atomic E-state index is 13.4. The molecular weight excluding hydrogens is 337 g/mol. The molecule has 2 aromatic carbocycles. The van der Waals surface area contributed by atoms with E-state index in [0.29, 0.717) is 0 Å². The van der Waals surface area contributed by atoms with Crippen LogP contribution in [0.2, 0.25) is 0 Å². The first-order valence-corrected chi connectivity index (χ1v) is 7.17. The van der Waals surface area contributed by atoms with Gasteiger partial charge in [-0.15, -0.1) is 0 Å². The summed E-state index contributed by atoms with van der Waals surface area (Å²) in [6.07, 6.45) is -4.47. The van der Waals surface area contributed by atoms with Gasteiger partial charge in [0.15, 0.2) is 0 Å². The lowest BCUT2D eigenvalue weighted by Crippen LogP contribution is -2.56. The van der Waals surface area contributed by atoms with Crippen LogP contribution in [0.5, 0.6) is 5.75 Å². The van der Waals surface area contributed by atoms with Crippen molar-refractivity contribution in [3.8, 4) is 5.75 Å². The van der Waals surface area contributed by atoms with Gasteiger partial charge >= 0.3 is 12.0 Å². The molecule has 0 fully saturated rings. The number of Topliss-reactive ketones (excluding diaryl/α,β-unsaturated/α-hetero) is 1. The molecule has 1 aliphatic heterocycles. The van der Waals surface area contributed by atoms with Gasteiger partial charge < -0.3 is 20.9 Å². The van der Waals surface area contributed by atoms with Crippen molar-refractivity contribution in [3.05, 3.63) is 65.9 Å². The predicted octanol–water partition coefficient (Wildman–Crippen LogP) is 3.09. The molecule has 0 amide bonds. The first-order chi connectivity index (χ1) is 11.7. The van der Waals surface area contributed by atoms with Gasteiger partial charge in [0, 0.05) is 6.20 Å². The molecule has 3 rings (SSSR count). The van der Waals surface area contributed by atoms with Crippen molar-refractivity contribution in [2.24, 2.45) is 0 Å². The van der Waals surface area contributed by atoms with Crippen molar-refractivity contribution in [2.45, 2.75) is 12.0 Å². The first-order valence-electron chi connectivity index (χ1n) is 7.17. The van der Waals surface area contributed by atoms with Crippen LogP contribution in [0.1, 0.15) is 10.4 Å². The molecule has 4 N–H and O–H groups in total. The van der Waals surface area contributed by atoms with E-state index in [0.717, 1.165) is 6.20 Å². The first kappa shape index (κ1) is 16.8. The SMILES string of the molecule is Nc1ccccc1NC=C1C(=O)c2ccccc2OC1(O)C(F)(F)F. The molecule has 8 heteroatoms. The van der Waals surface area contributed by atoms with Crippen molar-refractivity contribution >= 4 is 17.2 Å². The van der Waals surface area contributed by atoms with Crippen LogP contribution in [0.4, 0.5) is 24.5 Å². The standard InChI is InChI=1S/C17H13F3N2O3/c18-17(19,20)16(24)11(9-22-13-7-3-2-6-12(13)21)15(23)10-5-1-4-8-14(10)25-16/h1-9,22,24H,21H2. The van der Waals surface area contributed by atoms with Crippen LogP contribution in [0, 0.1) is 0 Å². The zero-order valence-corrected chi connectivity index (χ0v) is 12.7. The molecule has 0 radical (unpaired) electrons. The summed E-state index contributed by atoms with van der Waals surface area (Å²) in [5.74, 6) is -5.11. The van der Waals surface area contributed by atoms with E-state index in [4.69, 9.17) is 10.5 Å². The van der Waals surface area contributed by atoms with Gasteiger partial charge in [-0.2, -0.15) is 13.2 Å². The van der Waals surface area contributed by atoms with Crippen LogP contribution in [-0.2, 0) is 0 Å². The Hall–Kier alpha value is -3.00. The molecule has 1 heterocycles. The summed E-state index contributed by atoms with van der Waals surface area (Å²) in [4.78, 5) is 12.5. The van der Waals surface area contributed by atoms with Gasteiger partial charge in [-0.3, -0.25) is 4.79 Å². The second kappa shape index (κ2) is 5.82. The Kier molecular flexibility index (Phi) is 3.92. The number of rotatable bonds is 2. The van der Waals surface area contributed by atoms with Crippen LogP contribution in [0.15, 0.2) is 60.3 Å². The summed E-state index contributed by atoms with van der Waals surface area (Å²) in [6.45, 7) is 0. The number of hydrogen-bond donors (Lipinski definition) is 3. The number of ether oxygens (including phenoxy) is 1. The number of aliphatic hydroxyl groups is 1. The minimum absolute atomic E-state index is 0.0782. The Labute approximate surface area is 140 Å². The van der Waals surface area contributed by atoms with E-state index < -0.39 is 23.3 Å². The predicted molar refractivity (Wildman–Crippen MR) is 85.0 cm³/mol.